The third-order valence-corrected chi connectivity index (χ3v) is 2.33. The van der Waals surface area contributed by atoms with Crippen LogP contribution in [0, 0.1) is 6.92 Å². The van der Waals surface area contributed by atoms with Crippen molar-refractivity contribution in [2.75, 3.05) is 7.05 Å². The summed E-state index contributed by atoms with van der Waals surface area (Å²) < 4.78 is 2.18. The van der Waals surface area contributed by atoms with Crippen LogP contribution in [0.3, 0.4) is 0 Å². The average molecular weight is 181 g/mol. The highest BCUT2D eigenvalue weighted by molar-refractivity contribution is 5.19. The molecule has 0 atom stereocenters. The van der Waals surface area contributed by atoms with E-state index in [0.717, 1.165) is 12.4 Å². The quantitative estimate of drug-likeness (QED) is 0.767. The second-order valence-corrected chi connectivity index (χ2v) is 3.73. The van der Waals surface area contributed by atoms with Gasteiger partial charge >= 0.3 is 0 Å². The van der Waals surface area contributed by atoms with Gasteiger partial charge in [0.15, 0.2) is 0 Å². The molecule has 74 valence electrons. The molecule has 0 unspecified atom stereocenters. The van der Waals surface area contributed by atoms with Gasteiger partial charge in [0.1, 0.15) is 5.82 Å². The molecule has 1 aromatic heterocycles. The van der Waals surface area contributed by atoms with Crippen molar-refractivity contribution in [3.05, 3.63) is 17.2 Å². The molecule has 0 aliphatic carbocycles. The molecule has 3 heteroatoms. The maximum absolute atomic E-state index is 4.52. The third kappa shape index (κ3) is 1.91. The van der Waals surface area contributed by atoms with E-state index in [1.54, 1.807) is 0 Å². The van der Waals surface area contributed by atoms with Crippen LogP contribution in [0.4, 0.5) is 0 Å². The monoisotopic (exact) mass is 181 g/mol. The van der Waals surface area contributed by atoms with E-state index in [-0.39, 0.29) is 0 Å². The summed E-state index contributed by atoms with van der Waals surface area (Å²) in [6, 6.07) is 0. The molecule has 1 aromatic rings. The van der Waals surface area contributed by atoms with Gasteiger partial charge in [-0.2, -0.15) is 0 Å². The minimum Gasteiger partial charge on any atom is -0.335 e. The van der Waals surface area contributed by atoms with Crippen LogP contribution < -0.4 is 5.32 Å². The highest BCUT2D eigenvalue weighted by Gasteiger charge is 2.13. The average Bonchev–Trinajstić information content (AvgIpc) is 2.28. The topological polar surface area (TPSA) is 29.9 Å². The fourth-order valence-corrected chi connectivity index (χ4v) is 1.71. The lowest BCUT2D eigenvalue weighted by atomic mass is 10.1. The van der Waals surface area contributed by atoms with Gasteiger partial charge in [-0.25, -0.2) is 4.98 Å². The zero-order chi connectivity index (χ0) is 10.0. The Morgan fingerprint density at radius 2 is 2.08 bits per heavy atom. The lowest BCUT2D eigenvalue weighted by Gasteiger charge is -2.09. The molecule has 0 aliphatic heterocycles. The van der Waals surface area contributed by atoms with E-state index in [1.165, 1.54) is 11.4 Å². The van der Waals surface area contributed by atoms with Gasteiger partial charge in [-0.15, -0.1) is 0 Å². The molecular weight excluding hydrogens is 162 g/mol. The normalized spacial score (nSPS) is 11.2. The van der Waals surface area contributed by atoms with Crippen molar-refractivity contribution in [1.29, 1.82) is 0 Å². The van der Waals surface area contributed by atoms with E-state index >= 15 is 0 Å². The SMILES string of the molecule is CNCc1nc(C)n(C)c1C(C)C. The van der Waals surface area contributed by atoms with E-state index in [9.17, 15) is 0 Å². The Labute approximate surface area is 80.2 Å². The van der Waals surface area contributed by atoms with Crippen molar-refractivity contribution in [2.24, 2.45) is 7.05 Å². The Balaban J connectivity index is 3.11. The first-order valence-corrected chi connectivity index (χ1v) is 4.74. The maximum Gasteiger partial charge on any atom is 0.105 e. The standard InChI is InChI=1S/C10H19N3/c1-7(2)10-9(6-11-4)12-8(3)13(10)5/h7,11H,6H2,1-5H3. The number of aryl methyl sites for hydroxylation is 1. The number of aromatic nitrogens is 2. The Bertz CT molecular complexity index is 287. The minimum absolute atomic E-state index is 0.537. The highest BCUT2D eigenvalue weighted by atomic mass is 15.1. The summed E-state index contributed by atoms with van der Waals surface area (Å²) in [5.74, 6) is 1.63. The molecule has 0 amide bonds. The predicted octanol–water partition coefficient (Wildman–Crippen LogP) is 1.57. The largest absolute Gasteiger partial charge is 0.335 e. The fourth-order valence-electron chi connectivity index (χ4n) is 1.71. The molecule has 1 N–H and O–H groups in total. The van der Waals surface area contributed by atoms with E-state index < -0.39 is 0 Å². The van der Waals surface area contributed by atoms with Gasteiger partial charge in [-0.05, 0) is 19.9 Å². The molecule has 0 fully saturated rings. The molecule has 0 spiro atoms. The summed E-state index contributed by atoms with van der Waals surface area (Å²) in [6.45, 7) is 7.31. The summed E-state index contributed by atoms with van der Waals surface area (Å²) in [6.07, 6.45) is 0. The molecule has 0 aliphatic rings. The summed E-state index contributed by atoms with van der Waals surface area (Å²) in [5.41, 5.74) is 2.52. The number of nitrogens with zero attached hydrogens (tertiary/aromatic N) is 2. The first-order chi connectivity index (χ1) is 6.07. The van der Waals surface area contributed by atoms with Gasteiger partial charge in [0.05, 0.1) is 5.69 Å². The second kappa shape index (κ2) is 3.92. The first kappa shape index (κ1) is 10.3. The van der Waals surface area contributed by atoms with E-state index in [1.807, 2.05) is 14.0 Å². The summed E-state index contributed by atoms with van der Waals surface area (Å²) in [7, 11) is 4.03. The number of imidazole rings is 1. The Morgan fingerprint density at radius 3 is 2.54 bits per heavy atom. The molecule has 0 radical (unpaired) electrons. The molecule has 3 nitrogen and oxygen atoms in total. The number of hydrogen-bond donors (Lipinski definition) is 1. The molecule has 1 rings (SSSR count). The van der Waals surface area contributed by atoms with Gasteiger partial charge in [0, 0.05) is 19.3 Å². The molecule has 0 saturated carbocycles. The predicted molar refractivity (Wildman–Crippen MR) is 54.8 cm³/mol. The number of rotatable bonds is 3. The first-order valence-electron chi connectivity index (χ1n) is 4.74. The molecule has 0 saturated heterocycles. The van der Waals surface area contributed by atoms with Crippen LogP contribution >= 0.6 is 0 Å². The van der Waals surface area contributed by atoms with Crippen molar-refractivity contribution in [3.8, 4) is 0 Å². The van der Waals surface area contributed by atoms with Crippen molar-refractivity contribution in [2.45, 2.75) is 33.2 Å². The highest BCUT2D eigenvalue weighted by Crippen LogP contribution is 2.19. The second-order valence-electron chi connectivity index (χ2n) is 3.73. The van der Waals surface area contributed by atoms with E-state index in [4.69, 9.17) is 0 Å². The van der Waals surface area contributed by atoms with Gasteiger partial charge in [0.2, 0.25) is 0 Å². The van der Waals surface area contributed by atoms with Crippen molar-refractivity contribution >= 4 is 0 Å². The van der Waals surface area contributed by atoms with E-state index in [0.29, 0.717) is 5.92 Å². The fraction of sp³-hybridized carbons (Fsp3) is 0.700. The molecule has 1 heterocycles. The maximum atomic E-state index is 4.52. The van der Waals surface area contributed by atoms with Crippen LogP contribution in [0.1, 0.15) is 37.0 Å². The Hall–Kier alpha value is -0.830. The minimum atomic E-state index is 0.537. The van der Waals surface area contributed by atoms with Gasteiger partial charge < -0.3 is 9.88 Å². The lowest BCUT2D eigenvalue weighted by Crippen LogP contribution is -2.09. The zero-order valence-corrected chi connectivity index (χ0v) is 9.18. The van der Waals surface area contributed by atoms with Gasteiger partial charge in [0.25, 0.3) is 0 Å². The lowest BCUT2D eigenvalue weighted by molar-refractivity contribution is 0.701. The molecule has 0 aromatic carbocycles. The van der Waals surface area contributed by atoms with Gasteiger partial charge in [-0.1, -0.05) is 13.8 Å². The van der Waals surface area contributed by atoms with Crippen LogP contribution in [0.15, 0.2) is 0 Å². The Morgan fingerprint density at radius 1 is 1.46 bits per heavy atom. The summed E-state index contributed by atoms with van der Waals surface area (Å²) >= 11 is 0. The smallest absolute Gasteiger partial charge is 0.105 e. The van der Waals surface area contributed by atoms with E-state index in [2.05, 4.69) is 35.8 Å². The van der Waals surface area contributed by atoms with Crippen LogP contribution in [-0.2, 0) is 13.6 Å². The number of nitrogens with one attached hydrogen (secondary N) is 1. The van der Waals surface area contributed by atoms with Crippen LogP contribution in [0.25, 0.3) is 0 Å². The van der Waals surface area contributed by atoms with Crippen LogP contribution in [0.2, 0.25) is 0 Å². The third-order valence-electron chi connectivity index (χ3n) is 2.33. The van der Waals surface area contributed by atoms with Crippen molar-refractivity contribution < 1.29 is 0 Å². The van der Waals surface area contributed by atoms with Crippen molar-refractivity contribution in [1.82, 2.24) is 14.9 Å². The Kier molecular flexibility index (Phi) is 3.09. The molecular formula is C10H19N3. The molecule has 13 heavy (non-hydrogen) atoms. The summed E-state index contributed by atoms with van der Waals surface area (Å²) in [4.78, 5) is 4.52. The van der Waals surface area contributed by atoms with Crippen LogP contribution in [-0.4, -0.2) is 16.6 Å². The van der Waals surface area contributed by atoms with Crippen molar-refractivity contribution in [3.63, 3.8) is 0 Å². The van der Waals surface area contributed by atoms with Crippen LogP contribution in [0.5, 0.6) is 0 Å². The zero-order valence-electron chi connectivity index (χ0n) is 9.18. The molecule has 0 bridgehead atoms. The van der Waals surface area contributed by atoms with Gasteiger partial charge in [-0.3, -0.25) is 0 Å². The summed E-state index contributed by atoms with van der Waals surface area (Å²) in [5, 5.41) is 3.14. The number of hydrogen-bond acceptors (Lipinski definition) is 2.